The SMILES string of the molecule is Cn1cc(-c2cc3cc(NC(=O)[C@@H]4CCCNC4)ncc3cn2)nn1. The van der Waals surface area contributed by atoms with Crippen LogP contribution in [-0.4, -0.2) is 44.0 Å². The Balaban J connectivity index is 1.59. The molecule has 8 heteroatoms. The molecular formula is C17H19N7O. The molecule has 0 aliphatic carbocycles. The lowest BCUT2D eigenvalue weighted by atomic mass is 9.99. The third kappa shape index (κ3) is 3.34. The van der Waals surface area contributed by atoms with Gasteiger partial charge < -0.3 is 10.6 Å². The Bertz CT molecular complexity index is 914. The normalized spacial score (nSPS) is 17.6. The van der Waals surface area contributed by atoms with Gasteiger partial charge in [-0.3, -0.25) is 14.5 Å². The maximum Gasteiger partial charge on any atom is 0.229 e. The van der Waals surface area contributed by atoms with Crippen molar-refractivity contribution in [2.45, 2.75) is 12.8 Å². The molecule has 0 radical (unpaired) electrons. The molecule has 8 nitrogen and oxygen atoms in total. The first-order valence-electron chi connectivity index (χ1n) is 8.33. The smallest absolute Gasteiger partial charge is 0.229 e. The maximum absolute atomic E-state index is 12.4. The van der Waals surface area contributed by atoms with Crippen LogP contribution < -0.4 is 10.6 Å². The maximum atomic E-state index is 12.4. The summed E-state index contributed by atoms with van der Waals surface area (Å²) in [5.41, 5.74) is 1.45. The summed E-state index contributed by atoms with van der Waals surface area (Å²) in [6.07, 6.45) is 7.22. The molecule has 0 bridgehead atoms. The van der Waals surface area contributed by atoms with Crippen LogP contribution in [0.25, 0.3) is 22.2 Å². The lowest BCUT2D eigenvalue weighted by Crippen LogP contribution is -2.37. The fraction of sp³-hybridized carbons (Fsp3) is 0.353. The minimum absolute atomic E-state index is 0.00107. The highest BCUT2D eigenvalue weighted by Gasteiger charge is 2.21. The highest BCUT2D eigenvalue weighted by molar-refractivity contribution is 5.94. The summed E-state index contributed by atoms with van der Waals surface area (Å²) in [5.74, 6) is 0.570. The zero-order valence-corrected chi connectivity index (χ0v) is 13.9. The van der Waals surface area contributed by atoms with Crippen LogP contribution >= 0.6 is 0 Å². The van der Waals surface area contributed by atoms with E-state index >= 15 is 0 Å². The molecule has 0 spiro atoms. The topological polar surface area (TPSA) is 97.6 Å². The quantitative estimate of drug-likeness (QED) is 0.749. The van der Waals surface area contributed by atoms with Crippen LogP contribution in [-0.2, 0) is 11.8 Å². The second-order valence-corrected chi connectivity index (χ2v) is 6.30. The van der Waals surface area contributed by atoms with Gasteiger partial charge in [0, 0.05) is 31.4 Å². The van der Waals surface area contributed by atoms with Gasteiger partial charge in [-0.25, -0.2) is 4.98 Å². The van der Waals surface area contributed by atoms with E-state index in [-0.39, 0.29) is 11.8 Å². The van der Waals surface area contributed by atoms with Gasteiger partial charge in [-0.05, 0) is 36.9 Å². The molecule has 3 aromatic heterocycles. The molecule has 128 valence electrons. The van der Waals surface area contributed by atoms with Gasteiger partial charge in [-0.15, -0.1) is 5.10 Å². The van der Waals surface area contributed by atoms with Crippen molar-refractivity contribution in [1.82, 2.24) is 30.3 Å². The Hall–Kier alpha value is -2.87. The number of amides is 1. The number of pyridine rings is 2. The van der Waals surface area contributed by atoms with Crippen LogP contribution in [0.3, 0.4) is 0 Å². The van der Waals surface area contributed by atoms with Crippen molar-refractivity contribution in [3.8, 4) is 11.4 Å². The van der Waals surface area contributed by atoms with E-state index in [2.05, 4.69) is 30.9 Å². The van der Waals surface area contributed by atoms with Gasteiger partial charge in [0.1, 0.15) is 11.5 Å². The van der Waals surface area contributed by atoms with E-state index in [1.54, 1.807) is 17.1 Å². The third-order valence-corrected chi connectivity index (χ3v) is 4.39. The van der Waals surface area contributed by atoms with E-state index in [9.17, 15) is 4.79 Å². The fourth-order valence-electron chi connectivity index (χ4n) is 3.02. The minimum Gasteiger partial charge on any atom is -0.316 e. The first kappa shape index (κ1) is 15.6. The molecule has 3 aromatic rings. The van der Waals surface area contributed by atoms with E-state index in [4.69, 9.17) is 0 Å². The Kier molecular flexibility index (Phi) is 4.10. The molecule has 1 aliphatic heterocycles. The number of hydrogen-bond acceptors (Lipinski definition) is 6. The Labute approximate surface area is 144 Å². The molecule has 4 heterocycles. The lowest BCUT2D eigenvalue weighted by molar-refractivity contribution is -0.120. The van der Waals surface area contributed by atoms with Gasteiger partial charge in [-0.2, -0.15) is 0 Å². The molecule has 4 rings (SSSR count). The number of hydrogen-bond donors (Lipinski definition) is 2. The summed E-state index contributed by atoms with van der Waals surface area (Å²) in [7, 11) is 1.81. The summed E-state index contributed by atoms with van der Waals surface area (Å²) in [5, 5.41) is 16.0. The summed E-state index contributed by atoms with van der Waals surface area (Å²) in [4.78, 5) is 21.1. The van der Waals surface area contributed by atoms with Crippen LogP contribution in [0.2, 0.25) is 0 Å². The molecular weight excluding hydrogens is 318 g/mol. The zero-order valence-electron chi connectivity index (χ0n) is 13.9. The number of carbonyl (C=O) groups excluding carboxylic acids is 1. The van der Waals surface area contributed by atoms with Crippen molar-refractivity contribution in [1.29, 1.82) is 0 Å². The number of carbonyl (C=O) groups is 1. The molecule has 1 saturated heterocycles. The van der Waals surface area contributed by atoms with Gasteiger partial charge in [-0.1, -0.05) is 5.21 Å². The van der Waals surface area contributed by atoms with Crippen molar-refractivity contribution in [3.05, 3.63) is 30.7 Å². The molecule has 2 N–H and O–H groups in total. The highest BCUT2D eigenvalue weighted by atomic mass is 16.2. The van der Waals surface area contributed by atoms with E-state index in [0.29, 0.717) is 11.5 Å². The van der Waals surface area contributed by atoms with Crippen LogP contribution in [0, 0.1) is 5.92 Å². The van der Waals surface area contributed by atoms with Crippen molar-refractivity contribution in [2.75, 3.05) is 18.4 Å². The second kappa shape index (κ2) is 6.56. The first-order chi connectivity index (χ1) is 12.2. The zero-order chi connectivity index (χ0) is 17.2. The number of fused-ring (bicyclic) bond motifs is 1. The summed E-state index contributed by atoms with van der Waals surface area (Å²) < 4.78 is 1.64. The van der Waals surface area contributed by atoms with Crippen LogP contribution in [0.4, 0.5) is 5.82 Å². The Morgan fingerprint density at radius 3 is 2.88 bits per heavy atom. The van der Waals surface area contributed by atoms with E-state index < -0.39 is 0 Å². The molecule has 1 fully saturated rings. The number of aryl methyl sites for hydroxylation is 1. The van der Waals surface area contributed by atoms with Gasteiger partial charge in [0.2, 0.25) is 5.91 Å². The lowest BCUT2D eigenvalue weighted by Gasteiger charge is -2.21. The monoisotopic (exact) mass is 337 g/mol. The predicted octanol–water partition coefficient (Wildman–Crippen LogP) is 1.36. The van der Waals surface area contributed by atoms with Crippen molar-refractivity contribution < 1.29 is 4.79 Å². The average molecular weight is 337 g/mol. The van der Waals surface area contributed by atoms with Crippen LogP contribution in [0.5, 0.6) is 0 Å². The highest BCUT2D eigenvalue weighted by Crippen LogP contribution is 2.22. The first-order valence-corrected chi connectivity index (χ1v) is 8.33. The summed E-state index contributed by atoms with van der Waals surface area (Å²) in [6, 6.07) is 3.80. The molecule has 0 unspecified atom stereocenters. The van der Waals surface area contributed by atoms with Crippen molar-refractivity contribution in [2.24, 2.45) is 13.0 Å². The summed E-state index contributed by atoms with van der Waals surface area (Å²) in [6.45, 7) is 1.70. The standard InChI is InChI=1S/C17H19N7O/c1-24-10-15(22-23-24)14-5-12-6-16(20-9-13(12)8-19-14)21-17(25)11-3-2-4-18-7-11/h5-6,8-11,18H,2-4,7H2,1H3,(H,20,21,25)/t11-/m1/s1. The Morgan fingerprint density at radius 1 is 1.24 bits per heavy atom. The van der Waals surface area contributed by atoms with E-state index in [1.165, 1.54) is 0 Å². The molecule has 1 amide bonds. The van der Waals surface area contributed by atoms with Crippen LogP contribution in [0.15, 0.2) is 30.7 Å². The van der Waals surface area contributed by atoms with Crippen LogP contribution in [0.1, 0.15) is 12.8 Å². The number of nitrogens with zero attached hydrogens (tertiary/aromatic N) is 5. The number of nitrogens with one attached hydrogen (secondary N) is 2. The molecule has 1 aliphatic rings. The number of piperidine rings is 1. The van der Waals surface area contributed by atoms with E-state index in [0.717, 1.165) is 42.4 Å². The second-order valence-electron chi connectivity index (χ2n) is 6.30. The third-order valence-electron chi connectivity index (χ3n) is 4.39. The average Bonchev–Trinajstić information content (AvgIpc) is 3.08. The van der Waals surface area contributed by atoms with Gasteiger partial charge in [0.05, 0.1) is 17.8 Å². The molecule has 0 aromatic carbocycles. The van der Waals surface area contributed by atoms with Gasteiger partial charge in [0.15, 0.2) is 0 Å². The fourth-order valence-corrected chi connectivity index (χ4v) is 3.02. The largest absolute Gasteiger partial charge is 0.316 e. The number of rotatable bonds is 3. The molecule has 1 atom stereocenters. The van der Waals surface area contributed by atoms with E-state index in [1.807, 2.05) is 25.4 Å². The van der Waals surface area contributed by atoms with Crippen molar-refractivity contribution >= 4 is 22.5 Å². The minimum atomic E-state index is -0.00107. The van der Waals surface area contributed by atoms with Gasteiger partial charge in [0.25, 0.3) is 0 Å². The summed E-state index contributed by atoms with van der Waals surface area (Å²) >= 11 is 0. The Morgan fingerprint density at radius 2 is 2.12 bits per heavy atom. The molecule has 25 heavy (non-hydrogen) atoms. The van der Waals surface area contributed by atoms with Gasteiger partial charge >= 0.3 is 0 Å². The number of aromatic nitrogens is 5. The number of anilines is 1. The van der Waals surface area contributed by atoms with Crippen molar-refractivity contribution in [3.63, 3.8) is 0 Å². The molecule has 0 saturated carbocycles. The predicted molar refractivity (Wildman–Crippen MR) is 93.8 cm³/mol.